The molecule has 0 aliphatic carbocycles. The minimum atomic E-state index is -0.318. The summed E-state index contributed by atoms with van der Waals surface area (Å²) in [4.78, 5) is 20.5. The van der Waals surface area contributed by atoms with Gasteiger partial charge in [0.15, 0.2) is 5.82 Å². The number of rotatable bonds is 6. The molecule has 0 atom stereocenters. The molecule has 0 bridgehead atoms. The maximum Gasteiger partial charge on any atom is 0.274 e. The van der Waals surface area contributed by atoms with Crippen molar-refractivity contribution in [1.29, 1.82) is 0 Å². The van der Waals surface area contributed by atoms with E-state index in [2.05, 4.69) is 38.8 Å². The van der Waals surface area contributed by atoms with Crippen LogP contribution in [0, 0.1) is 0 Å². The van der Waals surface area contributed by atoms with E-state index in [1.165, 1.54) is 0 Å². The van der Waals surface area contributed by atoms with Gasteiger partial charge in [-0.25, -0.2) is 0 Å². The molecule has 0 unspecified atom stereocenters. The second kappa shape index (κ2) is 8.01. The lowest BCUT2D eigenvalue weighted by atomic mass is 10.1. The lowest BCUT2D eigenvalue weighted by Crippen LogP contribution is -2.14. The Labute approximate surface area is 156 Å². The van der Waals surface area contributed by atoms with E-state index in [1.807, 2.05) is 29.8 Å². The second-order valence-electron chi connectivity index (χ2n) is 5.70. The molecule has 0 radical (unpaired) electrons. The Bertz CT molecular complexity index is 1030. The first-order chi connectivity index (χ1) is 13.1. The quantitative estimate of drug-likeness (QED) is 0.541. The summed E-state index contributed by atoms with van der Waals surface area (Å²) >= 11 is 0. The summed E-state index contributed by atoms with van der Waals surface area (Å²) < 4.78 is 1.81. The smallest absolute Gasteiger partial charge is 0.274 e. The predicted molar refractivity (Wildman–Crippen MR) is 106 cm³/mol. The van der Waals surface area contributed by atoms with Gasteiger partial charge in [-0.15, -0.1) is 10.2 Å². The topological polar surface area (TPSA) is 85.1 Å². The molecule has 7 heteroatoms. The van der Waals surface area contributed by atoms with Crippen LogP contribution in [0.3, 0.4) is 0 Å². The molecular formula is C20H18N6O. The van der Waals surface area contributed by atoms with E-state index in [9.17, 15) is 4.79 Å². The molecule has 1 aromatic carbocycles. The van der Waals surface area contributed by atoms with Crippen LogP contribution >= 0.6 is 0 Å². The van der Waals surface area contributed by atoms with Crippen LogP contribution in [0.2, 0.25) is 0 Å². The van der Waals surface area contributed by atoms with Crippen LogP contribution in [0.25, 0.3) is 17.0 Å². The largest absolute Gasteiger partial charge is 0.321 e. The standard InChI is InChI=1S/C20H18N6O/c1-4-14(12-21-2)15-8-9-22-18(11-15)20(27)24-17-7-5-6-16(10-17)19-25-23-13-26(19)3/h4-13H,1-2H2,3H3,(H,24,27)/b14-12+. The third-order valence-electron chi connectivity index (χ3n) is 3.87. The number of hydrogen-bond acceptors (Lipinski definition) is 5. The predicted octanol–water partition coefficient (Wildman–Crippen LogP) is 3.36. The van der Waals surface area contributed by atoms with Crippen LogP contribution in [-0.2, 0) is 7.05 Å². The zero-order chi connectivity index (χ0) is 19.2. The van der Waals surface area contributed by atoms with Gasteiger partial charge < -0.3 is 9.88 Å². The fourth-order valence-electron chi connectivity index (χ4n) is 2.55. The van der Waals surface area contributed by atoms with Crippen LogP contribution in [-0.4, -0.2) is 32.4 Å². The number of amides is 1. The molecule has 134 valence electrons. The van der Waals surface area contributed by atoms with Crippen LogP contribution in [0.5, 0.6) is 0 Å². The number of benzene rings is 1. The number of carbonyl (C=O) groups is 1. The van der Waals surface area contributed by atoms with Crippen molar-refractivity contribution in [3.05, 3.63) is 79.0 Å². The summed E-state index contributed by atoms with van der Waals surface area (Å²) in [6, 6.07) is 10.9. The SMILES string of the molecule is C=C/C(=C\N=C)c1ccnc(C(=O)Nc2cccc(-c3nncn3C)c2)c1. The Morgan fingerprint density at radius 1 is 1.30 bits per heavy atom. The van der Waals surface area contributed by atoms with Gasteiger partial charge in [-0.1, -0.05) is 24.8 Å². The number of pyridine rings is 1. The number of anilines is 1. The molecule has 1 N–H and O–H groups in total. The molecule has 2 heterocycles. The van der Waals surface area contributed by atoms with Crippen LogP contribution in [0.4, 0.5) is 5.69 Å². The highest BCUT2D eigenvalue weighted by molar-refractivity contribution is 6.03. The maximum atomic E-state index is 12.6. The first kappa shape index (κ1) is 17.9. The molecule has 7 nitrogen and oxygen atoms in total. The Morgan fingerprint density at radius 3 is 2.85 bits per heavy atom. The van der Waals surface area contributed by atoms with E-state index < -0.39 is 0 Å². The average Bonchev–Trinajstić information content (AvgIpc) is 3.12. The molecule has 0 fully saturated rings. The van der Waals surface area contributed by atoms with Gasteiger partial charge in [0.05, 0.1) is 0 Å². The molecule has 3 aromatic rings. The van der Waals surface area contributed by atoms with Crippen molar-refractivity contribution in [2.75, 3.05) is 5.32 Å². The fraction of sp³-hybridized carbons (Fsp3) is 0.0500. The Morgan fingerprint density at radius 2 is 2.15 bits per heavy atom. The number of aliphatic imine (C=N–C) groups is 1. The number of aryl methyl sites for hydroxylation is 1. The Kier molecular flexibility index (Phi) is 5.32. The molecule has 0 aliphatic rings. The minimum Gasteiger partial charge on any atom is -0.321 e. The second-order valence-corrected chi connectivity index (χ2v) is 5.70. The monoisotopic (exact) mass is 358 g/mol. The van der Waals surface area contributed by atoms with Crippen LogP contribution in [0.1, 0.15) is 16.1 Å². The molecule has 0 aliphatic heterocycles. The number of nitrogens with zero attached hydrogens (tertiary/aromatic N) is 5. The van der Waals surface area contributed by atoms with Gasteiger partial charge in [-0.05, 0) is 42.1 Å². The van der Waals surface area contributed by atoms with Gasteiger partial charge in [0.2, 0.25) is 0 Å². The lowest BCUT2D eigenvalue weighted by Gasteiger charge is -2.08. The molecule has 1 amide bonds. The first-order valence-corrected chi connectivity index (χ1v) is 8.13. The van der Waals surface area contributed by atoms with E-state index in [1.54, 1.807) is 43.0 Å². The van der Waals surface area contributed by atoms with Gasteiger partial charge >= 0.3 is 0 Å². The average molecular weight is 358 g/mol. The van der Waals surface area contributed by atoms with Gasteiger partial charge in [-0.2, -0.15) is 0 Å². The molecule has 27 heavy (non-hydrogen) atoms. The summed E-state index contributed by atoms with van der Waals surface area (Å²) in [6.07, 6.45) is 6.42. The number of nitrogens with one attached hydrogen (secondary N) is 1. The van der Waals surface area contributed by atoms with E-state index in [0.29, 0.717) is 11.5 Å². The third-order valence-corrected chi connectivity index (χ3v) is 3.87. The molecule has 0 spiro atoms. The van der Waals surface area contributed by atoms with Gasteiger partial charge in [0.25, 0.3) is 5.91 Å². The maximum absolute atomic E-state index is 12.6. The van der Waals surface area contributed by atoms with Crippen LogP contribution < -0.4 is 5.32 Å². The summed E-state index contributed by atoms with van der Waals surface area (Å²) in [7, 11) is 1.86. The molecular weight excluding hydrogens is 340 g/mol. The van der Waals surface area contributed by atoms with Crippen molar-refractivity contribution in [3.8, 4) is 11.4 Å². The van der Waals surface area contributed by atoms with Crippen LogP contribution in [0.15, 0.2) is 72.8 Å². The summed E-state index contributed by atoms with van der Waals surface area (Å²) in [6.45, 7) is 7.19. The normalized spacial score (nSPS) is 11.1. The highest BCUT2D eigenvalue weighted by atomic mass is 16.1. The Hall–Kier alpha value is -3.87. The zero-order valence-corrected chi connectivity index (χ0v) is 14.8. The number of carbonyl (C=O) groups excluding carboxylic acids is 1. The number of allylic oxidation sites excluding steroid dienone is 2. The van der Waals surface area contributed by atoms with Gasteiger partial charge in [0, 0.05) is 30.7 Å². The van der Waals surface area contributed by atoms with Crippen molar-refractivity contribution < 1.29 is 4.79 Å². The van der Waals surface area contributed by atoms with E-state index in [4.69, 9.17) is 0 Å². The van der Waals surface area contributed by atoms with E-state index in [-0.39, 0.29) is 11.6 Å². The highest BCUT2D eigenvalue weighted by Gasteiger charge is 2.11. The van der Waals surface area contributed by atoms with Crippen molar-refractivity contribution in [2.24, 2.45) is 12.0 Å². The third kappa shape index (κ3) is 4.04. The molecule has 0 saturated heterocycles. The van der Waals surface area contributed by atoms with E-state index in [0.717, 1.165) is 16.7 Å². The minimum absolute atomic E-state index is 0.286. The summed E-state index contributed by atoms with van der Waals surface area (Å²) in [5, 5.41) is 10.8. The summed E-state index contributed by atoms with van der Waals surface area (Å²) in [5.41, 5.74) is 3.31. The fourth-order valence-corrected chi connectivity index (χ4v) is 2.55. The Balaban J connectivity index is 1.84. The molecule has 3 rings (SSSR count). The number of hydrogen-bond donors (Lipinski definition) is 1. The van der Waals surface area contributed by atoms with Crippen molar-refractivity contribution in [3.63, 3.8) is 0 Å². The van der Waals surface area contributed by atoms with Gasteiger partial charge in [-0.3, -0.25) is 14.8 Å². The van der Waals surface area contributed by atoms with Crippen molar-refractivity contribution in [1.82, 2.24) is 19.7 Å². The summed E-state index contributed by atoms with van der Waals surface area (Å²) in [5.74, 6) is 0.394. The molecule has 0 saturated carbocycles. The molecule has 2 aromatic heterocycles. The van der Waals surface area contributed by atoms with Gasteiger partial charge in [0.1, 0.15) is 12.0 Å². The number of aromatic nitrogens is 4. The highest BCUT2D eigenvalue weighted by Crippen LogP contribution is 2.21. The lowest BCUT2D eigenvalue weighted by molar-refractivity contribution is 0.102. The van der Waals surface area contributed by atoms with Crippen molar-refractivity contribution >= 4 is 23.9 Å². The van der Waals surface area contributed by atoms with E-state index >= 15 is 0 Å². The zero-order valence-electron chi connectivity index (χ0n) is 14.8. The first-order valence-electron chi connectivity index (χ1n) is 8.13. The van der Waals surface area contributed by atoms with Crippen molar-refractivity contribution in [2.45, 2.75) is 0 Å².